The van der Waals surface area contributed by atoms with Crippen molar-refractivity contribution in [3.63, 3.8) is 0 Å². The zero-order chi connectivity index (χ0) is 9.14. The van der Waals surface area contributed by atoms with E-state index in [9.17, 15) is 13.2 Å². The molecule has 1 heterocycles. The number of rotatable bonds is 2. The van der Waals surface area contributed by atoms with E-state index in [-0.39, 0.29) is 5.56 Å². The van der Waals surface area contributed by atoms with Gasteiger partial charge in [-0.3, -0.25) is 4.98 Å². The second kappa shape index (κ2) is 3.42. The molecule has 66 valence electrons. The van der Waals surface area contributed by atoms with Crippen LogP contribution in [0.25, 0.3) is 0 Å². The molecule has 2 nitrogen and oxygen atoms in total. The summed E-state index contributed by atoms with van der Waals surface area (Å²) in [6, 6.07) is 0.847. The van der Waals surface area contributed by atoms with Crippen LogP contribution < -0.4 is 0 Å². The van der Waals surface area contributed by atoms with Crippen LogP contribution in [-0.4, -0.2) is 10.1 Å². The zero-order valence-electron chi connectivity index (χ0n) is 5.97. The Bertz CT molecular complexity index is 277. The molecule has 0 radical (unpaired) electrons. The lowest BCUT2D eigenvalue weighted by Gasteiger charge is -2.02. The summed E-state index contributed by atoms with van der Waals surface area (Å²) < 4.78 is 35.9. The first-order valence-corrected chi connectivity index (χ1v) is 3.17. The lowest BCUT2D eigenvalue weighted by Crippen LogP contribution is -1.92. The molecule has 0 aromatic carbocycles. The predicted octanol–water partition coefficient (Wildman–Crippen LogP) is 2.19. The molecule has 0 saturated carbocycles. The van der Waals surface area contributed by atoms with Crippen molar-refractivity contribution in [3.8, 4) is 5.75 Å². The molecular formula is C7H6F3NO. The van der Waals surface area contributed by atoms with Crippen molar-refractivity contribution in [3.05, 3.63) is 23.5 Å². The van der Waals surface area contributed by atoms with E-state index in [4.69, 9.17) is 5.11 Å². The summed E-state index contributed by atoms with van der Waals surface area (Å²) in [5.41, 5.74) is -0.694. The number of nitrogens with zero attached hydrogens (tertiary/aromatic N) is 1. The minimum Gasteiger partial charge on any atom is -0.506 e. The summed E-state index contributed by atoms with van der Waals surface area (Å²) in [6.45, 7) is -0.978. The number of aromatic hydroxyl groups is 1. The molecule has 0 bridgehead atoms. The van der Waals surface area contributed by atoms with Crippen LogP contribution in [0.2, 0.25) is 0 Å². The first-order chi connectivity index (χ1) is 5.65. The molecule has 0 fully saturated rings. The molecule has 1 aromatic heterocycles. The highest BCUT2D eigenvalue weighted by molar-refractivity contribution is 5.30. The van der Waals surface area contributed by atoms with Gasteiger partial charge in [0.2, 0.25) is 0 Å². The Kier molecular flexibility index (Phi) is 2.52. The monoisotopic (exact) mass is 177 g/mol. The van der Waals surface area contributed by atoms with Crippen molar-refractivity contribution in [2.24, 2.45) is 0 Å². The van der Waals surface area contributed by atoms with Crippen molar-refractivity contribution >= 4 is 0 Å². The Labute approximate surface area is 66.7 Å². The molecule has 1 rings (SSSR count). The lowest BCUT2D eigenvalue weighted by atomic mass is 10.2. The van der Waals surface area contributed by atoms with Crippen LogP contribution >= 0.6 is 0 Å². The summed E-state index contributed by atoms with van der Waals surface area (Å²) in [5.74, 6) is -0.401. The van der Waals surface area contributed by atoms with E-state index in [1.54, 1.807) is 0 Å². The van der Waals surface area contributed by atoms with Crippen molar-refractivity contribution < 1.29 is 18.3 Å². The third-order valence-corrected chi connectivity index (χ3v) is 1.35. The number of halogens is 3. The number of aromatic nitrogens is 1. The molecule has 1 N–H and O–H groups in total. The molecule has 0 atom stereocenters. The van der Waals surface area contributed by atoms with Gasteiger partial charge in [0.1, 0.15) is 18.1 Å². The molecule has 1 aromatic rings. The van der Waals surface area contributed by atoms with Gasteiger partial charge in [-0.15, -0.1) is 0 Å². The highest BCUT2D eigenvalue weighted by atomic mass is 19.3. The second-order valence-corrected chi connectivity index (χ2v) is 2.17. The summed E-state index contributed by atoms with van der Waals surface area (Å²) in [7, 11) is 0. The average molecular weight is 177 g/mol. The highest BCUT2D eigenvalue weighted by Gasteiger charge is 2.11. The Balaban J connectivity index is 3.05. The topological polar surface area (TPSA) is 33.1 Å². The fourth-order valence-electron chi connectivity index (χ4n) is 0.735. The Morgan fingerprint density at radius 2 is 2.17 bits per heavy atom. The van der Waals surface area contributed by atoms with Crippen molar-refractivity contribution in [2.45, 2.75) is 13.1 Å². The molecule has 0 saturated heterocycles. The SMILES string of the molecule is Oc1cnc(C(F)F)cc1CF. The van der Waals surface area contributed by atoms with Crippen LogP contribution in [0, 0.1) is 0 Å². The maximum atomic E-state index is 12.0. The van der Waals surface area contributed by atoms with Gasteiger partial charge in [-0.05, 0) is 6.07 Å². The van der Waals surface area contributed by atoms with E-state index in [0.717, 1.165) is 12.3 Å². The standard InChI is InChI=1S/C7H6F3NO/c8-2-4-1-5(7(9)10)11-3-6(4)12/h1,3,7,12H,2H2. The van der Waals surface area contributed by atoms with Gasteiger partial charge in [-0.25, -0.2) is 13.2 Å². The smallest absolute Gasteiger partial charge is 0.280 e. The van der Waals surface area contributed by atoms with Gasteiger partial charge < -0.3 is 5.11 Å². The van der Waals surface area contributed by atoms with E-state index in [1.807, 2.05) is 0 Å². The van der Waals surface area contributed by atoms with Gasteiger partial charge in [0, 0.05) is 5.56 Å². The van der Waals surface area contributed by atoms with Gasteiger partial charge in [-0.2, -0.15) is 0 Å². The largest absolute Gasteiger partial charge is 0.506 e. The van der Waals surface area contributed by atoms with Crippen LogP contribution in [-0.2, 0) is 6.67 Å². The minimum atomic E-state index is -2.74. The van der Waals surface area contributed by atoms with Crippen molar-refractivity contribution in [1.29, 1.82) is 0 Å². The lowest BCUT2D eigenvalue weighted by molar-refractivity contribution is 0.145. The highest BCUT2D eigenvalue weighted by Crippen LogP contribution is 2.22. The Morgan fingerprint density at radius 1 is 1.50 bits per heavy atom. The van der Waals surface area contributed by atoms with Gasteiger partial charge >= 0.3 is 0 Å². The number of alkyl halides is 3. The van der Waals surface area contributed by atoms with Crippen molar-refractivity contribution in [1.82, 2.24) is 4.98 Å². The molecule has 5 heteroatoms. The average Bonchev–Trinajstić information content (AvgIpc) is 2.05. The van der Waals surface area contributed by atoms with E-state index >= 15 is 0 Å². The number of pyridine rings is 1. The molecular weight excluding hydrogens is 171 g/mol. The number of hydrogen-bond acceptors (Lipinski definition) is 2. The molecule has 0 amide bonds. The van der Waals surface area contributed by atoms with E-state index in [0.29, 0.717) is 0 Å². The van der Waals surface area contributed by atoms with Gasteiger partial charge in [0.25, 0.3) is 6.43 Å². The summed E-state index contributed by atoms with van der Waals surface area (Å²) >= 11 is 0. The maximum absolute atomic E-state index is 12.0. The third-order valence-electron chi connectivity index (χ3n) is 1.35. The molecule has 0 aliphatic heterocycles. The first-order valence-electron chi connectivity index (χ1n) is 3.17. The maximum Gasteiger partial charge on any atom is 0.280 e. The van der Waals surface area contributed by atoms with Crippen molar-refractivity contribution in [2.75, 3.05) is 0 Å². The normalized spacial score (nSPS) is 10.7. The van der Waals surface area contributed by atoms with Crippen LogP contribution in [0.3, 0.4) is 0 Å². The molecule has 0 aliphatic carbocycles. The molecule has 0 spiro atoms. The van der Waals surface area contributed by atoms with Crippen LogP contribution in [0.1, 0.15) is 17.7 Å². The number of hydrogen-bond donors (Lipinski definition) is 1. The van der Waals surface area contributed by atoms with Gasteiger partial charge in [0.15, 0.2) is 0 Å². The molecule has 0 aliphatic rings. The Hall–Kier alpha value is -1.26. The van der Waals surface area contributed by atoms with Crippen LogP contribution in [0.5, 0.6) is 5.75 Å². The summed E-state index contributed by atoms with van der Waals surface area (Å²) in [6.07, 6.45) is -1.92. The van der Waals surface area contributed by atoms with Gasteiger partial charge in [0.05, 0.1) is 6.20 Å². The van der Waals surface area contributed by atoms with Crippen LogP contribution in [0.4, 0.5) is 13.2 Å². The van der Waals surface area contributed by atoms with E-state index in [2.05, 4.69) is 4.98 Å². The fourth-order valence-corrected chi connectivity index (χ4v) is 0.735. The Morgan fingerprint density at radius 3 is 2.67 bits per heavy atom. The van der Waals surface area contributed by atoms with E-state index < -0.39 is 24.5 Å². The zero-order valence-corrected chi connectivity index (χ0v) is 5.97. The fraction of sp³-hybridized carbons (Fsp3) is 0.286. The van der Waals surface area contributed by atoms with E-state index in [1.165, 1.54) is 0 Å². The first kappa shape index (κ1) is 8.83. The molecule has 0 unspecified atom stereocenters. The summed E-state index contributed by atoms with van der Waals surface area (Å²) in [4.78, 5) is 3.22. The quantitative estimate of drug-likeness (QED) is 0.751. The molecule has 12 heavy (non-hydrogen) atoms. The second-order valence-electron chi connectivity index (χ2n) is 2.17. The van der Waals surface area contributed by atoms with Crippen LogP contribution in [0.15, 0.2) is 12.3 Å². The summed E-state index contributed by atoms with van der Waals surface area (Å²) in [5, 5.41) is 8.87. The van der Waals surface area contributed by atoms with Gasteiger partial charge in [-0.1, -0.05) is 0 Å². The predicted molar refractivity (Wildman–Crippen MR) is 35.7 cm³/mol. The third kappa shape index (κ3) is 1.66. The minimum absolute atomic E-state index is 0.166.